The van der Waals surface area contributed by atoms with E-state index in [1.807, 2.05) is 6.92 Å². The van der Waals surface area contributed by atoms with Crippen molar-refractivity contribution >= 4 is 0 Å². The molecule has 0 heterocycles. The number of aliphatic hydroxyl groups is 2. The van der Waals surface area contributed by atoms with Crippen molar-refractivity contribution in [3.8, 4) is 0 Å². The van der Waals surface area contributed by atoms with Crippen LogP contribution < -0.4 is 0 Å². The van der Waals surface area contributed by atoms with Crippen molar-refractivity contribution < 1.29 is 10.2 Å². The molecule has 1 fully saturated rings. The van der Waals surface area contributed by atoms with E-state index in [4.69, 9.17) is 0 Å². The molecule has 4 unspecified atom stereocenters. The fraction of sp³-hybridized carbons (Fsp3) is 1.00. The van der Waals surface area contributed by atoms with Crippen LogP contribution in [0.1, 0.15) is 59.3 Å². The van der Waals surface area contributed by atoms with Crippen LogP contribution in [-0.4, -0.2) is 21.9 Å². The summed E-state index contributed by atoms with van der Waals surface area (Å²) in [7, 11) is 0. The Morgan fingerprint density at radius 2 is 2.00 bits per heavy atom. The summed E-state index contributed by atoms with van der Waals surface area (Å²) in [6, 6.07) is 0. The van der Waals surface area contributed by atoms with Crippen molar-refractivity contribution in [2.45, 2.75) is 71.0 Å². The molecule has 0 bridgehead atoms. The first-order chi connectivity index (χ1) is 7.01. The summed E-state index contributed by atoms with van der Waals surface area (Å²) in [5.74, 6) is 1.06. The number of hydrogen-bond donors (Lipinski definition) is 2. The molecule has 0 aromatic rings. The lowest BCUT2D eigenvalue weighted by molar-refractivity contribution is -0.100. The molecule has 2 heteroatoms. The third-order valence-corrected chi connectivity index (χ3v) is 4.20. The summed E-state index contributed by atoms with van der Waals surface area (Å²) < 4.78 is 0. The van der Waals surface area contributed by atoms with Gasteiger partial charge >= 0.3 is 0 Å². The lowest BCUT2D eigenvalue weighted by Gasteiger charge is -2.38. The molecule has 1 rings (SSSR count). The average Bonchev–Trinajstić information content (AvgIpc) is 2.28. The molecule has 90 valence electrons. The molecule has 1 saturated carbocycles. The smallest absolute Gasteiger partial charge is 0.0877 e. The Bertz CT molecular complexity index is 189. The fourth-order valence-corrected chi connectivity index (χ4v) is 2.71. The minimum absolute atomic E-state index is 0.304. The van der Waals surface area contributed by atoms with Gasteiger partial charge in [0, 0.05) is 0 Å². The van der Waals surface area contributed by atoms with Crippen molar-refractivity contribution in [2.75, 3.05) is 0 Å². The molecule has 1 aliphatic rings. The highest BCUT2D eigenvalue weighted by Gasteiger charge is 2.36. The SMILES string of the molecule is CCC1CCCC(C(O)C(C)(O)CC)C1. The van der Waals surface area contributed by atoms with Gasteiger partial charge in [-0.05, 0) is 38.0 Å². The van der Waals surface area contributed by atoms with Crippen LogP contribution in [0.5, 0.6) is 0 Å². The fourth-order valence-electron chi connectivity index (χ4n) is 2.71. The first kappa shape index (κ1) is 13.0. The van der Waals surface area contributed by atoms with Crippen molar-refractivity contribution in [3.05, 3.63) is 0 Å². The van der Waals surface area contributed by atoms with Crippen LogP contribution in [0.25, 0.3) is 0 Å². The van der Waals surface area contributed by atoms with Gasteiger partial charge in [0.05, 0.1) is 11.7 Å². The molecule has 2 nitrogen and oxygen atoms in total. The molecule has 0 aliphatic heterocycles. The van der Waals surface area contributed by atoms with Crippen LogP contribution in [0.3, 0.4) is 0 Å². The van der Waals surface area contributed by atoms with Crippen LogP contribution in [0, 0.1) is 11.8 Å². The van der Waals surface area contributed by atoms with Crippen LogP contribution >= 0.6 is 0 Å². The average molecular weight is 214 g/mol. The van der Waals surface area contributed by atoms with Gasteiger partial charge in [0.25, 0.3) is 0 Å². The Morgan fingerprint density at radius 3 is 2.53 bits per heavy atom. The Balaban J connectivity index is 2.55. The molecule has 0 radical (unpaired) electrons. The minimum Gasteiger partial charge on any atom is -0.390 e. The first-order valence-corrected chi connectivity index (χ1v) is 6.41. The summed E-state index contributed by atoms with van der Waals surface area (Å²) in [6.07, 6.45) is 5.96. The lowest BCUT2D eigenvalue weighted by Crippen LogP contribution is -2.45. The van der Waals surface area contributed by atoms with Gasteiger partial charge < -0.3 is 10.2 Å². The minimum atomic E-state index is -0.902. The number of rotatable bonds is 4. The van der Waals surface area contributed by atoms with Gasteiger partial charge in [-0.15, -0.1) is 0 Å². The van der Waals surface area contributed by atoms with Crippen LogP contribution in [0.15, 0.2) is 0 Å². The monoisotopic (exact) mass is 214 g/mol. The van der Waals surface area contributed by atoms with Crippen LogP contribution in [0.2, 0.25) is 0 Å². The lowest BCUT2D eigenvalue weighted by atomic mass is 9.73. The zero-order chi connectivity index (χ0) is 11.5. The van der Waals surface area contributed by atoms with E-state index in [0.717, 1.165) is 18.8 Å². The van der Waals surface area contributed by atoms with E-state index < -0.39 is 11.7 Å². The molecule has 2 N–H and O–H groups in total. The summed E-state index contributed by atoms with van der Waals surface area (Å²) in [5, 5.41) is 20.2. The summed E-state index contributed by atoms with van der Waals surface area (Å²) in [5.41, 5.74) is -0.902. The van der Waals surface area contributed by atoms with E-state index in [0.29, 0.717) is 12.3 Å². The Hall–Kier alpha value is -0.0800. The zero-order valence-corrected chi connectivity index (χ0v) is 10.4. The highest BCUT2D eigenvalue weighted by molar-refractivity contribution is 4.88. The second-order valence-electron chi connectivity index (χ2n) is 5.36. The second-order valence-corrected chi connectivity index (χ2v) is 5.36. The predicted molar refractivity (Wildman–Crippen MR) is 62.7 cm³/mol. The van der Waals surface area contributed by atoms with Crippen LogP contribution in [0.4, 0.5) is 0 Å². The largest absolute Gasteiger partial charge is 0.390 e. The Kier molecular flexibility index (Phi) is 4.60. The predicted octanol–water partition coefficient (Wildman–Crippen LogP) is 2.72. The maximum Gasteiger partial charge on any atom is 0.0877 e. The summed E-state index contributed by atoms with van der Waals surface area (Å²) in [4.78, 5) is 0. The summed E-state index contributed by atoms with van der Waals surface area (Å²) >= 11 is 0. The molecule has 15 heavy (non-hydrogen) atoms. The van der Waals surface area contributed by atoms with Gasteiger partial charge in [-0.1, -0.05) is 33.1 Å². The maximum absolute atomic E-state index is 10.2. The standard InChI is InChI=1S/C13H26O2/c1-4-10-7-6-8-11(9-10)12(14)13(3,15)5-2/h10-12,14-15H,4-9H2,1-3H3. The van der Waals surface area contributed by atoms with E-state index in [1.165, 1.54) is 19.3 Å². The van der Waals surface area contributed by atoms with Crippen molar-refractivity contribution in [1.82, 2.24) is 0 Å². The van der Waals surface area contributed by atoms with E-state index in [2.05, 4.69) is 6.92 Å². The van der Waals surface area contributed by atoms with Crippen molar-refractivity contribution in [1.29, 1.82) is 0 Å². The normalized spacial score (nSPS) is 33.4. The van der Waals surface area contributed by atoms with Gasteiger partial charge in [-0.25, -0.2) is 0 Å². The second kappa shape index (κ2) is 5.31. The Morgan fingerprint density at radius 1 is 1.33 bits per heavy atom. The topological polar surface area (TPSA) is 40.5 Å². The van der Waals surface area contributed by atoms with E-state index >= 15 is 0 Å². The number of hydrogen-bond acceptors (Lipinski definition) is 2. The van der Waals surface area contributed by atoms with E-state index in [9.17, 15) is 10.2 Å². The molecule has 4 atom stereocenters. The third kappa shape index (κ3) is 3.18. The van der Waals surface area contributed by atoms with Gasteiger partial charge in [-0.2, -0.15) is 0 Å². The number of aliphatic hydroxyl groups excluding tert-OH is 1. The molecular weight excluding hydrogens is 188 g/mol. The summed E-state index contributed by atoms with van der Waals surface area (Å²) in [6.45, 7) is 5.91. The molecular formula is C13H26O2. The van der Waals surface area contributed by atoms with Crippen molar-refractivity contribution in [3.63, 3.8) is 0 Å². The quantitative estimate of drug-likeness (QED) is 0.755. The van der Waals surface area contributed by atoms with E-state index in [1.54, 1.807) is 6.92 Å². The Labute approximate surface area is 93.7 Å². The van der Waals surface area contributed by atoms with Gasteiger partial charge in [-0.3, -0.25) is 0 Å². The first-order valence-electron chi connectivity index (χ1n) is 6.41. The zero-order valence-electron chi connectivity index (χ0n) is 10.4. The van der Waals surface area contributed by atoms with Crippen molar-refractivity contribution in [2.24, 2.45) is 11.8 Å². The molecule has 0 aromatic heterocycles. The van der Waals surface area contributed by atoms with E-state index in [-0.39, 0.29) is 0 Å². The highest BCUT2D eigenvalue weighted by atomic mass is 16.3. The van der Waals surface area contributed by atoms with Gasteiger partial charge in [0.2, 0.25) is 0 Å². The molecule has 1 aliphatic carbocycles. The third-order valence-electron chi connectivity index (χ3n) is 4.20. The van der Waals surface area contributed by atoms with Crippen LogP contribution in [-0.2, 0) is 0 Å². The maximum atomic E-state index is 10.2. The molecule has 0 spiro atoms. The molecule has 0 amide bonds. The molecule has 0 saturated heterocycles. The van der Waals surface area contributed by atoms with Gasteiger partial charge in [0.15, 0.2) is 0 Å². The highest BCUT2D eigenvalue weighted by Crippen LogP contribution is 2.36. The van der Waals surface area contributed by atoms with Gasteiger partial charge in [0.1, 0.15) is 0 Å². The molecule has 0 aromatic carbocycles.